The molecular formula is C27H33BrN6O3. The van der Waals surface area contributed by atoms with Crippen molar-refractivity contribution in [1.29, 1.82) is 0 Å². The maximum absolute atomic E-state index is 13.6. The lowest BCUT2D eigenvalue weighted by atomic mass is 9.94. The minimum absolute atomic E-state index is 0.243. The van der Waals surface area contributed by atoms with Crippen molar-refractivity contribution in [3.63, 3.8) is 0 Å². The van der Waals surface area contributed by atoms with Gasteiger partial charge in [0.25, 0.3) is 5.91 Å². The van der Waals surface area contributed by atoms with Gasteiger partial charge in [-0.1, -0.05) is 43.4 Å². The molecule has 0 fully saturated rings. The summed E-state index contributed by atoms with van der Waals surface area (Å²) >= 11 is 3.68. The molecule has 2 heterocycles. The van der Waals surface area contributed by atoms with Gasteiger partial charge in [0.1, 0.15) is 6.04 Å². The van der Waals surface area contributed by atoms with Gasteiger partial charge in [0.2, 0.25) is 5.95 Å². The number of halogens is 1. The Morgan fingerprint density at radius 3 is 2.73 bits per heavy atom. The smallest absolute Gasteiger partial charge is 0.255 e. The van der Waals surface area contributed by atoms with Crippen molar-refractivity contribution >= 4 is 33.5 Å². The number of carbonyl (C=O) groups is 1. The third-order valence-electron chi connectivity index (χ3n) is 6.13. The Morgan fingerprint density at radius 2 is 1.97 bits per heavy atom. The highest BCUT2D eigenvalue weighted by atomic mass is 79.9. The molecule has 1 amide bonds. The fourth-order valence-corrected chi connectivity index (χ4v) is 4.96. The molecule has 9 nitrogen and oxygen atoms in total. The third kappa shape index (κ3) is 6.12. The van der Waals surface area contributed by atoms with Crippen LogP contribution < -0.4 is 20.1 Å². The summed E-state index contributed by atoms with van der Waals surface area (Å²) in [5.41, 5.74) is 3.74. The SMILES string of the molecule is CCCCCCOc1c(Br)cc(C2C(C(=O)Nc3cccc(C)c3)=C(C)Nc3nnnn32)cc1OCC. The van der Waals surface area contributed by atoms with Crippen LogP contribution in [0.4, 0.5) is 11.6 Å². The third-order valence-corrected chi connectivity index (χ3v) is 6.72. The summed E-state index contributed by atoms with van der Waals surface area (Å²) in [6.45, 7) is 9.03. The molecule has 0 bridgehead atoms. The Balaban J connectivity index is 1.70. The molecule has 0 radical (unpaired) electrons. The first-order chi connectivity index (χ1) is 17.9. The molecule has 0 saturated carbocycles. The molecule has 1 aliphatic heterocycles. The van der Waals surface area contributed by atoms with Crippen molar-refractivity contribution in [1.82, 2.24) is 20.2 Å². The average molecular weight is 570 g/mol. The lowest BCUT2D eigenvalue weighted by Gasteiger charge is -2.28. The summed E-state index contributed by atoms with van der Waals surface area (Å²) in [6, 6.07) is 11.0. The van der Waals surface area contributed by atoms with Gasteiger partial charge in [0.05, 0.1) is 23.3 Å². The van der Waals surface area contributed by atoms with Gasteiger partial charge in [-0.3, -0.25) is 4.79 Å². The number of aryl methyl sites for hydroxylation is 1. The minimum atomic E-state index is -0.579. The molecule has 1 atom stereocenters. The zero-order valence-corrected chi connectivity index (χ0v) is 23.3. The number of nitrogens with zero attached hydrogens (tertiary/aromatic N) is 4. The van der Waals surface area contributed by atoms with Gasteiger partial charge < -0.3 is 20.1 Å². The van der Waals surface area contributed by atoms with Crippen LogP contribution in [0.5, 0.6) is 11.5 Å². The van der Waals surface area contributed by atoms with Crippen molar-refractivity contribution in [2.75, 3.05) is 23.8 Å². The lowest BCUT2D eigenvalue weighted by molar-refractivity contribution is -0.113. The second-order valence-corrected chi connectivity index (χ2v) is 9.86. The molecule has 10 heteroatoms. The van der Waals surface area contributed by atoms with Crippen molar-refractivity contribution in [3.05, 3.63) is 63.3 Å². The minimum Gasteiger partial charge on any atom is -0.490 e. The number of hydrogen-bond donors (Lipinski definition) is 2. The number of unbranched alkanes of at least 4 members (excludes halogenated alkanes) is 3. The number of hydrogen-bond acceptors (Lipinski definition) is 7. The van der Waals surface area contributed by atoms with Crippen molar-refractivity contribution < 1.29 is 14.3 Å². The van der Waals surface area contributed by atoms with E-state index in [1.54, 1.807) is 4.68 Å². The number of amides is 1. The molecule has 1 aliphatic rings. The van der Waals surface area contributed by atoms with Crippen LogP contribution in [0.15, 0.2) is 52.1 Å². The Bertz CT molecular complexity index is 1290. The molecule has 196 valence electrons. The maximum atomic E-state index is 13.6. The van der Waals surface area contributed by atoms with Gasteiger partial charge >= 0.3 is 0 Å². The lowest BCUT2D eigenvalue weighted by Crippen LogP contribution is -2.31. The van der Waals surface area contributed by atoms with Crippen molar-refractivity contribution in [2.24, 2.45) is 0 Å². The van der Waals surface area contributed by atoms with Crippen LogP contribution in [0.1, 0.15) is 63.6 Å². The monoisotopic (exact) mass is 568 g/mol. The van der Waals surface area contributed by atoms with Crippen molar-refractivity contribution in [3.8, 4) is 11.5 Å². The highest BCUT2D eigenvalue weighted by Gasteiger charge is 2.35. The van der Waals surface area contributed by atoms with Crippen LogP contribution in [0.2, 0.25) is 0 Å². The Hall–Kier alpha value is -3.40. The van der Waals surface area contributed by atoms with Gasteiger partial charge in [-0.2, -0.15) is 4.68 Å². The highest BCUT2D eigenvalue weighted by molar-refractivity contribution is 9.10. The van der Waals surface area contributed by atoms with E-state index in [-0.39, 0.29) is 5.91 Å². The molecule has 0 spiro atoms. The zero-order valence-electron chi connectivity index (χ0n) is 21.7. The molecule has 2 aromatic carbocycles. The van der Waals surface area contributed by atoms with E-state index in [0.29, 0.717) is 41.9 Å². The van der Waals surface area contributed by atoms with Crippen LogP contribution >= 0.6 is 15.9 Å². The first-order valence-electron chi connectivity index (χ1n) is 12.7. The van der Waals surface area contributed by atoms with Gasteiger partial charge in [-0.05, 0) is 88.9 Å². The molecule has 0 aliphatic carbocycles. The maximum Gasteiger partial charge on any atom is 0.255 e. The Kier molecular flexibility index (Phi) is 8.81. The summed E-state index contributed by atoms with van der Waals surface area (Å²) in [4.78, 5) is 13.6. The molecule has 37 heavy (non-hydrogen) atoms. The second-order valence-electron chi connectivity index (χ2n) is 9.01. The standard InChI is InChI=1S/C27H33BrN6O3/c1-5-7-8-9-13-37-25-21(28)15-19(16-22(25)36-6-2)24-23(18(4)29-27-31-32-33-34(24)27)26(35)30-20-12-10-11-17(3)14-20/h10-12,14-16,24H,5-9,13H2,1-4H3,(H,30,35)(H,29,31,33). The van der Waals surface area contributed by atoms with E-state index in [1.807, 2.05) is 57.2 Å². The summed E-state index contributed by atoms with van der Waals surface area (Å²) in [6.07, 6.45) is 4.45. The quantitative estimate of drug-likeness (QED) is 0.272. The summed E-state index contributed by atoms with van der Waals surface area (Å²) in [5, 5.41) is 18.3. The van der Waals surface area contributed by atoms with Gasteiger partial charge in [-0.25, -0.2) is 0 Å². The van der Waals surface area contributed by atoms with E-state index < -0.39 is 6.04 Å². The predicted molar refractivity (Wildman–Crippen MR) is 147 cm³/mol. The van der Waals surface area contributed by atoms with Crippen LogP contribution in [0.3, 0.4) is 0 Å². The molecule has 1 unspecified atom stereocenters. The van der Waals surface area contributed by atoms with E-state index in [9.17, 15) is 4.79 Å². The molecule has 3 aromatic rings. The van der Waals surface area contributed by atoms with E-state index in [1.165, 1.54) is 12.8 Å². The van der Waals surface area contributed by atoms with Gasteiger partial charge in [0.15, 0.2) is 11.5 Å². The second kappa shape index (κ2) is 12.2. The number of benzene rings is 2. The number of ether oxygens (including phenoxy) is 2. The summed E-state index contributed by atoms with van der Waals surface area (Å²) < 4.78 is 14.5. The summed E-state index contributed by atoms with van der Waals surface area (Å²) in [5.74, 6) is 1.47. The number of carbonyl (C=O) groups excluding carboxylic acids is 1. The highest BCUT2D eigenvalue weighted by Crippen LogP contribution is 2.43. The number of nitrogens with one attached hydrogen (secondary N) is 2. The number of aromatic nitrogens is 4. The predicted octanol–water partition coefficient (Wildman–Crippen LogP) is 6.03. The zero-order chi connectivity index (χ0) is 26.4. The largest absolute Gasteiger partial charge is 0.490 e. The molecule has 4 rings (SSSR count). The number of anilines is 2. The first kappa shape index (κ1) is 26.7. The number of fused-ring (bicyclic) bond motifs is 1. The van der Waals surface area contributed by atoms with Crippen molar-refractivity contribution in [2.45, 2.75) is 59.4 Å². The van der Waals surface area contributed by atoms with E-state index in [2.05, 4.69) is 49.0 Å². The number of allylic oxidation sites excluding steroid dienone is 1. The molecular weight excluding hydrogens is 536 g/mol. The van der Waals surface area contributed by atoms with E-state index >= 15 is 0 Å². The number of tetrazole rings is 1. The fourth-order valence-electron chi connectivity index (χ4n) is 4.39. The molecule has 2 N–H and O–H groups in total. The van der Waals surface area contributed by atoms with Crippen LogP contribution in [-0.2, 0) is 4.79 Å². The van der Waals surface area contributed by atoms with E-state index in [0.717, 1.165) is 34.1 Å². The topological polar surface area (TPSA) is 103 Å². The number of rotatable bonds is 11. The normalized spacial score (nSPS) is 14.7. The Morgan fingerprint density at radius 1 is 1.14 bits per heavy atom. The van der Waals surface area contributed by atoms with E-state index in [4.69, 9.17) is 9.47 Å². The fraction of sp³-hybridized carbons (Fsp3) is 0.407. The molecule has 0 saturated heterocycles. The summed E-state index contributed by atoms with van der Waals surface area (Å²) in [7, 11) is 0. The van der Waals surface area contributed by atoms with Crippen LogP contribution in [0.25, 0.3) is 0 Å². The average Bonchev–Trinajstić information content (AvgIpc) is 3.32. The van der Waals surface area contributed by atoms with Gasteiger partial charge in [-0.15, -0.1) is 0 Å². The van der Waals surface area contributed by atoms with Crippen LogP contribution in [0, 0.1) is 6.92 Å². The molecule has 1 aromatic heterocycles. The van der Waals surface area contributed by atoms with Gasteiger partial charge in [0, 0.05) is 11.4 Å². The van der Waals surface area contributed by atoms with Crippen LogP contribution in [-0.4, -0.2) is 39.3 Å². The Labute approximate surface area is 225 Å². The first-order valence-corrected chi connectivity index (χ1v) is 13.4.